The van der Waals surface area contributed by atoms with Crippen LogP contribution < -0.4 is 4.72 Å². The predicted molar refractivity (Wildman–Crippen MR) is 100 cm³/mol. The van der Waals surface area contributed by atoms with E-state index in [9.17, 15) is 17.6 Å². The molecule has 2 aromatic carbocycles. The first-order valence-corrected chi connectivity index (χ1v) is 10.2. The van der Waals surface area contributed by atoms with E-state index >= 15 is 0 Å². The van der Waals surface area contributed by atoms with Crippen molar-refractivity contribution in [3.63, 3.8) is 0 Å². The summed E-state index contributed by atoms with van der Waals surface area (Å²) in [6.07, 6.45) is 1.62. The normalized spacial score (nSPS) is 11.4. The number of carbonyl (C=O) groups is 1. The van der Waals surface area contributed by atoms with E-state index in [0.29, 0.717) is 12.0 Å². The Balaban J connectivity index is 2.00. The number of rotatable bonds is 7. The Morgan fingerprint density at radius 2 is 1.85 bits per heavy atom. The Labute approximate surface area is 157 Å². The number of benzene rings is 2. The van der Waals surface area contributed by atoms with Crippen molar-refractivity contribution in [2.75, 3.05) is 19.8 Å². The molecule has 0 unspecified atom stereocenters. The van der Waals surface area contributed by atoms with Gasteiger partial charge in [0, 0.05) is 36.3 Å². The molecule has 0 heterocycles. The molecule has 2 rings (SSSR count). The zero-order valence-corrected chi connectivity index (χ0v) is 16.1. The van der Waals surface area contributed by atoms with Crippen molar-refractivity contribution in [2.45, 2.75) is 13.0 Å². The largest absolute Gasteiger partial charge is 0.337 e. The van der Waals surface area contributed by atoms with E-state index < -0.39 is 15.8 Å². The van der Waals surface area contributed by atoms with E-state index in [1.54, 1.807) is 37.4 Å². The smallest absolute Gasteiger partial charge is 0.253 e. The van der Waals surface area contributed by atoms with Gasteiger partial charge in [-0.2, -0.15) is 0 Å². The average Bonchev–Trinajstić information content (AvgIpc) is 2.57. The first-order chi connectivity index (χ1) is 12.2. The van der Waals surface area contributed by atoms with Crippen LogP contribution in [0.25, 0.3) is 0 Å². The molecule has 0 radical (unpaired) electrons. The van der Waals surface area contributed by atoms with Gasteiger partial charge in [-0.25, -0.2) is 17.5 Å². The third kappa shape index (κ3) is 5.79. The number of hydrogen-bond acceptors (Lipinski definition) is 3. The van der Waals surface area contributed by atoms with Crippen molar-refractivity contribution in [2.24, 2.45) is 0 Å². The second-order valence-electron chi connectivity index (χ2n) is 5.97. The lowest BCUT2D eigenvalue weighted by molar-refractivity contribution is 0.0784. The van der Waals surface area contributed by atoms with Crippen LogP contribution in [-0.4, -0.2) is 39.1 Å². The Morgan fingerprint density at radius 1 is 1.19 bits per heavy atom. The van der Waals surface area contributed by atoms with Gasteiger partial charge in [0.1, 0.15) is 5.82 Å². The summed E-state index contributed by atoms with van der Waals surface area (Å²) in [5.41, 5.74) is 1.63. The molecule has 0 aliphatic heterocycles. The number of carbonyl (C=O) groups excluding carboxylic acids is 1. The number of nitrogens with one attached hydrogen (secondary N) is 1. The van der Waals surface area contributed by atoms with Crippen LogP contribution in [0.4, 0.5) is 4.39 Å². The number of hydrogen-bond donors (Lipinski definition) is 1. The minimum absolute atomic E-state index is 0.0599. The summed E-state index contributed by atoms with van der Waals surface area (Å²) < 4.78 is 38.4. The molecule has 0 fully saturated rings. The highest BCUT2D eigenvalue weighted by Gasteiger charge is 2.16. The van der Waals surface area contributed by atoms with E-state index in [0.717, 1.165) is 11.8 Å². The zero-order valence-electron chi connectivity index (χ0n) is 14.5. The van der Waals surface area contributed by atoms with Crippen LogP contribution in [0, 0.1) is 5.82 Å². The zero-order chi connectivity index (χ0) is 19.3. The number of halogens is 2. The molecular weight excluding hydrogens is 379 g/mol. The summed E-state index contributed by atoms with van der Waals surface area (Å²) in [4.78, 5) is 13.9. The maximum absolute atomic E-state index is 13.9. The lowest BCUT2D eigenvalue weighted by Crippen LogP contribution is -2.27. The maximum atomic E-state index is 13.9. The van der Waals surface area contributed by atoms with Crippen molar-refractivity contribution < 1.29 is 17.6 Å². The van der Waals surface area contributed by atoms with Gasteiger partial charge in [-0.3, -0.25) is 4.79 Å². The molecule has 0 aliphatic rings. The monoisotopic (exact) mass is 398 g/mol. The first kappa shape index (κ1) is 20.4. The van der Waals surface area contributed by atoms with Gasteiger partial charge in [-0.15, -0.1) is 0 Å². The molecule has 2 aromatic rings. The third-order valence-electron chi connectivity index (χ3n) is 3.78. The fraction of sp³-hybridized carbons (Fsp3) is 0.278. The highest BCUT2D eigenvalue weighted by molar-refractivity contribution is 7.88. The topological polar surface area (TPSA) is 66.5 Å². The van der Waals surface area contributed by atoms with Crippen LogP contribution in [0.3, 0.4) is 0 Å². The van der Waals surface area contributed by atoms with E-state index in [2.05, 4.69) is 4.72 Å². The van der Waals surface area contributed by atoms with Crippen LogP contribution in [-0.2, 0) is 23.0 Å². The van der Waals surface area contributed by atoms with Crippen molar-refractivity contribution in [1.82, 2.24) is 9.62 Å². The Kier molecular flexibility index (Phi) is 6.75. The molecule has 5 nitrogen and oxygen atoms in total. The summed E-state index contributed by atoms with van der Waals surface area (Å²) in [6.45, 7) is 0.349. The molecule has 1 N–H and O–H groups in total. The summed E-state index contributed by atoms with van der Waals surface area (Å²) in [5, 5.41) is 0.276. The molecule has 0 bridgehead atoms. The number of amides is 1. The fourth-order valence-electron chi connectivity index (χ4n) is 2.41. The highest BCUT2D eigenvalue weighted by atomic mass is 35.5. The Bertz CT molecular complexity index is 866. The molecule has 26 heavy (non-hydrogen) atoms. The van der Waals surface area contributed by atoms with Crippen LogP contribution in [0.1, 0.15) is 21.5 Å². The second-order valence-corrected chi connectivity index (χ2v) is 8.22. The molecule has 0 aliphatic carbocycles. The van der Waals surface area contributed by atoms with Gasteiger partial charge in [0.05, 0.1) is 6.26 Å². The molecule has 0 saturated heterocycles. The summed E-state index contributed by atoms with van der Waals surface area (Å²) in [7, 11) is -1.64. The molecule has 1 amide bonds. The minimum Gasteiger partial charge on any atom is -0.337 e. The highest BCUT2D eigenvalue weighted by Crippen LogP contribution is 2.21. The fourth-order valence-corrected chi connectivity index (χ4v) is 3.10. The lowest BCUT2D eigenvalue weighted by atomic mass is 10.1. The van der Waals surface area contributed by atoms with Gasteiger partial charge < -0.3 is 4.90 Å². The Hall–Kier alpha value is -1.96. The number of sulfonamides is 1. The van der Waals surface area contributed by atoms with Crippen LogP contribution >= 0.6 is 11.6 Å². The van der Waals surface area contributed by atoms with Gasteiger partial charge >= 0.3 is 0 Å². The van der Waals surface area contributed by atoms with E-state index in [4.69, 9.17) is 11.6 Å². The van der Waals surface area contributed by atoms with E-state index in [1.807, 2.05) is 0 Å². The van der Waals surface area contributed by atoms with Crippen LogP contribution in [0.15, 0.2) is 42.5 Å². The van der Waals surface area contributed by atoms with Gasteiger partial charge in [-0.05, 0) is 36.2 Å². The van der Waals surface area contributed by atoms with Gasteiger partial charge in [-0.1, -0.05) is 29.8 Å². The minimum atomic E-state index is -3.22. The molecular formula is C18H20ClFN2O3S. The predicted octanol–water partition coefficient (Wildman–Crippen LogP) is 2.84. The molecule has 0 aromatic heterocycles. The van der Waals surface area contributed by atoms with Gasteiger partial charge in [0.2, 0.25) is 10.0 Å². The molecule has 8 heteroatoms. The maximum Gasteiger partial charge on any atom is 0.253 e. The summed E-state index contributed by atoms with van der Waals surface area (Å²) in [6, 6.07) is 11.3. The second kappa shape index (κ2) is 8.62. The van der Waals surface area contributed by atoms with Gasteiger partial charge in [0.15, 0.2) is 0 Å². The average molecular weight is 399 g/mol. The van der Waals surface area contributed by atoms with Gasteiger partial charge in [0.25, 0.3) is 5.91 Å². The van der Waals surface area contributed by atoms with E-state index in [-0.39, 0.29) is 29.6 Å². The van der Waals surface area contributed by atoms with Crippen LogP contribution in [0.2, 0.25) is 5.02 Å². The van der Waals surface area contributed by atoms with Crippen molar-refractivity contribution in [3.05, 3.63) is 70.0 Å². The molecule has 0 saturated carbocycles. The van der Waals surface area contributed by atoms with Crippen molar-refractivity contribution in [3.8, 4) is 0 Å². The van der Waals surface area contributed by atoms with Crippen molar-refractivity contribution in [1.29, 1.82) is 0 Å². The number of nitrogens with zero attached hydrogens (tertiary/aromatic N) is 1. The van der Waals surface area contributed by atoms with Crippen molar-refractivity contribution >= 4 is 27.5 Å². The lowest BCUT2D eigenvalue weighted by Gasteiger charge is -2.18. The SMILES string of the molecule is CN(Cc1c(F)cccc1Cl)C(=O)c1ccc(CCNS(C)(=O)=O)cc1. The summed E-state index contributed by atoms with van der Waals surface area (Å²) >= 11 is 6.00. The Morgan fingerprint density at radius 3 is 2.42 bits per heavy atom. The standard InChI is InChI=1S/C18H20ClFN2O3S/c1-22(12-15-16(19)4-3-5-17(15)20)18(23)14-8-6-13(7-9-14)10-11-21-26(2,24)25/h3-9,21H,10-12H2,1-2H3. The third-order valence-corrected chi connectivity index (χ3v) is 4.87. The summed E-state index contributed by atoms with van der Waals surface area (Å²) in [5.74, 6) is -0.712. The van der Waals surface area contributed by atoms with Crippen LogP contribution in [0.5, 0.6) is 0 Å². The molecule has 0 spiro atoms. The quantitative estimate of drug-likeness (QED) is 0.779. The first-order valence-electron chi connectivity index (χ1n) is 7.89. The van der Waals surface area contributed by atoms with E-state index in [1.165, 1.54) is 17.0 Å². The molecule has 0 atom stereocenters. The molecule has 140 valence electrons.